The van der Waals surface area contributed by atoms with E-state index in [1.54, 1.807) is 12.1 Å². The summed E-state index contributed by atoms with van der Waals surface area (Å²) in [5, 5.41) is 10.8. The van der Waals surface area contributed by atoms with Gasteiger partial charge in [-0.2, -0.15) is 0 Å². The Balaban J connectivity index is 1.87. The number of benzene rings is 1. The number of aryl methyl sites for hydroxylation is 1. The van der Waals surface area contributed by atoms with Gasteiger partial charge in [-0.3, -0.25) is 0 Å². The zero-order valence-electron chi connectivity index (χ0n) is 11.6. The molecular formula is C14H16ClN3O3. The minimum atomic E-state index is -0.352. The number of carbonyl (C=O) groups excluding carboxylic acids is 1. The van der Waals surface area contributed by atoms with E-state index < -0.39 is 0 Å². The van der Waals surface area contributed by atoms with E-state index in [0.717, 1.165) is 12.0 Å². The molecular weight excluding hydrogens is 294 g/mol. The van der Waals surface area contributed by atoms with Gasteiger partial charge < -0.3 is 14.5 Å². The van der Waals surface area contributed by atoms with Crippen LogP contribution in [0.4, 0.5) is 6.01 Å². The fraction of sp³-hybridized carbons (Fsp3) is 0.357. The maximum atomic E-state index is 11.3. The highest BCUT2D eigenvalue weighted by atomic mass is 35.5. The van der Waals surface area contributed by atoms with Gasteiger partial charge in [-0.15, -0.1) is 16.7 Å². The van der Waals surface area contributed by atoms with Crippen LogP contribution in [0, 0.1) is 0 Å². The van der Waals surface area contributed by atoms with Crippen LogP contribution in [-0.2, 0) is 17.7 Å². The number of nitrogens with one attached hydrogen (secondary N) is 1. The summed E-state index contributed by atoms with van der Waals surface area (Å²) in [6.45, 7) is 0.526. The first-order valence-corrected chi connectivity index (χ1v) is 7.06. The quantitative estimate of drug-likeness (QED) is 0.626. The molecule has 21 heavy (non-hydrogen) atoms. The number of esters is 1. The molecule has 0 saturated heterocycles. The number of anilines is 1. The summed E-state index contributed by atoms with van der Waals surface area (Å²) in [5.74, 6) is 0.784. The molecule has 0 radical (unpaired) electrons. The Morgan fingerprint density at radius 1 is 1.33 bits per heavy atom. The van der Waals surface area contributed by atoms with Crippen molar-refractivity contribution >= 4 is 23.6 Å². The lowest BCUT2D eigenvalue weighted by Gasteiger charge is -2.03. The van der Waals surface area contributed by atoms with Crippen molar-refractivity contribution in [3.8, 4) is 0 Å². The predicted octanol–water partition coefficient (Wildman–Crippen LogP) is 2.64. The zero-order chi connectivity index (χ0) is 15.1. The Hall–Kier alpha value is -2.08. The lowest BCUT2D eigenvalue weighted by atomic mass is 10.1. The fourth-order valence-electron chi connectivity index (χ4n) is 1.70. The van der Waals surface area contributed by atoms with Crippen LogP contribution >= 0.6 is 11.6 Å². The molecule has 1 aromatic carbocycles. The number of rotatable bonds is 7. The van der Waals surface area contributed by atoms with E-state index in [2.05, 4.69) is 20.3 Å². The fourth-order valence-corrected chi connectivity index (χ4v) is 1.83. The van der Waals surface area contributed by atoms with E-state index in [4.69, 9.17) is 16.0 Å². The van der Waals surface area contributed by atoms with E-state index in [-0.39, 0.29) is 5.97 Å². The predicted molar refractivity (Wildman–Crippen MR) is 78.4 cm³/mol. The van der Waals surface area contributed by atoms with Gasteiger partial charge in [0.2, 0.25) is 5.89 Å². The number of carbonyl (C=O) groups is 1. The normalized spacial score (nSPS) is 10.4. The van der Waals surface area contributed by atoms with Gasteiger partial charge in [0.15, 0.2) is 0 Å². The maximum absolute atomic E-state index is 11.3. The molecule has 1 N–H and O–H groups in total. The van der Waals surface area contributed by atoms with Crippen molar-refractivity contribution in [2.24, 2.45) is 0 Å². The lowest BCUT2D eigenvalue weighted by Crippen LogP contribution is -2.03. The number of hydrogen-bond acceptors (Lipinski definition) is 6. The van der Waals surface area contributed by atoms with Gasteiger partial charge in [0.1, 0.15) is 0 Å². The molecule has 0 aliphatic rings. The largest absolute Gasteiger partial charge is 0.465 e. The number of nitrogens with zero attached hydrogens (tertiary/aromatic N) is 2. The van der Waals surface area contributed by atoms with Crippen molar-refractivity contribution in [2.45, 2.75) is 19.4 Å². The van der Waals surface area contributed by atoms with Crippen LogP contribution in [0.15, 0.2) is 28.7 Å². The first-order valence-electron chi connectivity index (χ1n) is 6.52. The Morgan fingerprint density at radius 2 is 2.10 bits per heavy atom. The third kappa shape index (κ3) is 4.46. The smallest absolute Gasteiger partial charge is 0.337 e. The number of aromatic nitrogens is 2. The molecule has 0 aliphatic carbocycles. The van der Waals surface area contributed by atoms with Crippen LogP contribution in [-0.4, -0.2) is 29.2 Å². The first kappa shape index (κ1) is 15.3. The molecule has 1 aromatic heterocycles. The van der Waals surface area contributed by atoms with Crippen LogP contribution in [0.1, 0.15) is 28.2 Å². The molecule has 0 spiro atoms. The maximum Gasteiger partial charge on any atom is 0.337 e. The SMILES string of the molecule is COC(=O)c1ccc(CNc2nnc(CCCCl)o2)cc1. The first-order chi connectivity index (χ1) is 10.2. The summed E-state index contributed by atoms with van der Waals surface area (Å²) >= 11 is 5.61. The van der Waals surface area contributed by atoms with E-state index in [1.807, 2.05) is 12.1 Å². The molecule has 112 valence electrons. The molecule has 7 heteroatoms. The molecule has 0 atom stereocenters. The standard InChI is InChI=1S/C14H16ClN3O3/c1-20-13(19)11-6-4-10(5-7-11)9-16-14-18-17-12(21-14)3-2-8-15/h4-7H,2-3,8-9H2,1H3,(H,16,18). The van der Waals surface area contributed by atoms with E-state index in [0.29, 0.717) is 36.3 Å². The molecule has 2 rings (SSSR count). The van der Waals surface area contributed by atoms with Gasteiger partial charge in [0.05, 0.1) is 12.7 Å². The van der Waals surface area contributed by atoms with Crippen molar-refractivity contribution in [3.05, 3.63) is 41.3 Å². The molecule has 2 aromatic rings. The Bertz CT molecular complexity index is 583. The number of methoxy groups -OCH3 is 1. The number of alkyl halides is 1. The van der Waals surface area contributed by atoms with Gasteiger partial charge in [0, 0.05) is 18.8 Å². The summed E-state index contributed by atoms with van der Waals surface area (Å²) < 4.78 is 10.1. The van der Waals surface area contributed by atoms with Crippen LogP contribution < -0.4 is 5.32 Å². The van der Waals surface area contributed by atoms with Crippen LogP contribution in [0.5, 0.6) is 0 Å². The molecule has 0 aliphatic heterocycles. The average molecular weight is 310 g/mol. The van der Waals surface area contributed by atoms with E-state index >= 15 is 0 Å². The summed E-state index contributed by atoms with van der Waals surface area (Å²) in [7, 11) is 1.36. The van der Waals surface area contributed by atoms with Crippen molar-refractivity contribution in [3.63, 3.8) is 0 Å². The number of ether oxygens (including phenoxy) is 1. The topological polar surface area (TPSA) is 77.2 Å². The molecule has 1 heterocycles. The van der Waals surface area contributed by atoms with Crippen molar-refractivity contribution in [1.82, 2.24) is 10.2 Å². The minimum Gasteiger partial charge on any atom is -0.465 e. The Morgan fingerprint density at radius 3 is 2.76 bits per heavy atom. The highest BCUT2D eigenvalue weighted by Crippen LogP contribution is 2.11. The molecule has 0 fully saturated rings. The number of halogens is 1. The molecule has 0 amide bonds. The molecule has 6 nitrogen and oxygen atoms in total. The van der Waals surface area contributed by atoms with Gasteiger partial charge in [0.25, 0.3) is 0 Å². The second-order valence-corrected chi connectivity index (χ2v) is 4.71. The minimum absolute atomic E-state index is 0.352. The van der Waals surface area contributed by atoms with Gasteiger partial charge in [-0.25, -0.2) is 4.79 Å². The van der Waals surface area contributed by atoms with Crippen molar-refractivity contribution in [1.29, 1.82) is 0 Å². The lowest BCUT2D eigenvalue weighted by molar-refractivity contribution is 0.0600. The summed E-state index contributed by atoms with van der Waals surface area (Å²) in [4.78, 5) is 11.3. The van der Waals surface area contributed by atoms with Crippen LogP contribution in [0.25, 0.3) is 0 Å². The van der Waals surface area contributed by atoms with E-state index in [1.165, 1.54) is 7.11 Å². The monoisotopic (exact) mass is 309 g/mol. The van der Waals surface area contributed by atoms with Gasteiger partial charge in [-0.05, 0) is 24.1 Å². The molecule has 0 bridgehead atoms. The van der Waals surface area contributed by atoms with Crippen molar-refractivity contribution in [2.75, 3.05) is 18.3 Å². The highest BCUT2D eigenvalue weighted by Gasteiger charge is 2.07. The second-order valence-electron chi connectivity index (χ2n) is 4.34. The summed E-state index contributed by atoms with van der Waals surface area (Å²) in [5.41, 5.74) is 1.51. The second kappa shape index (κ2) is 7.64. The molecule has 0 unspecified atom stereocenters. The third-order valence-electron chi connectivity index (χ3n) is 2.81. The van der Waals surface area contributed by atoms with Gasteiger partial charge in [-0.1, -0.05) is 17.2 Å². The number of hydrogen-bond donors (Lipinski definition) is 1. The van der Waals surface area contributed by atoms with Crippen molar-refractivity contribution < 1.29 is 13.9 Å². The Labute approximate surface area is 127 Å². The molecule has 0 saturated carbocycles. The van der Waals surface area contributed by atoms with Crippen LogP contribution in [0.2, 0.25) is 0 Å². The average Bonchev–Trinajstić information content (AvgIpc) is 2.98. The van der Waals surface area contributed by atoms with E-state index in [9.17, 15) is 4.79 Å². The van der Waals surface area contributed by atoms with Gasteiger partial charge >= 0.3 is 12.0 Å². The zero-order valence-corrected chi connectivity index (χ0v) is 12.4. The Kier molecular flexibility index (Phi) is 5.57. The highest BCUT2D eigenvalue weighted by molar-refractivity contribution is 6.17. The summed E-state index contributed by atoms with van der Waals surface area (Å²) in [6, 6.07) is 7.47. The third-order valence-corrected chi connectivity index (χ3v) is 3.08. The summed E-state index contributed by atoms with van der Waals surface area (Å²) in [6.07, 6.45) is 1.48. The van der Waals surface area contributed by atoms with Crippen LogP contribution in [0.3, 0.4) is 0 Å².